The molecule has 0 saturated carbocycles. The second kappa shape index (κ2) is 5.34. The highest BCUT2D eigenvalue weighted by Gasteiger charge is 2.11. The summed E-state index contributed by atoms with van der Waals surface area (Å²) in [5, 5.41) is 7.78. The molecule has 1 N–H and O–H groups in total. The topological polar surface area (TPSA) is 58.6 Å². The van der Waals surface area contributed by atoms with Crippen molar-refractivity contribution in [1.82, 2.24) is 19.5 Å². The van der Waals surface area contributed by atoms with Crippen molar-refractivity contribution in [3.8, 4) is 11.1 Å². The van der Waals surface area contributed by atoms with Crippen LogP contribution in [0.1, 0.15) is 0 Å². The van der Waals surface area contributed by atoms with E-state index in [-0.39, 0.29) is 0 Å². The van der Waals surface area contributed by atoms with Crippen LogP contribution < -0.4 is 5.32 Å². The maximum Gasteiger partial charge on any atom is 0.165 e. The smallest absolute Gasteiger partial charge is 0.165 e. The van der Waals surface area contributed by atoms with Gasteiger partial charge in [-0.2, -0.15) is 9.61 Å². The van der Waals surface area contributed by atoms with Crippen molar-refractivity contribution in [2.24, 2.45) is 0 Å². The molecule has 3 aromatic heterocycles. The first kappa shape index (κ1) is 12.7. The summed E-state index contributed by atoms with van der Waals surface area (Å²) in [6, 6.07) is 3.83. The van der Waals surface area contributed by atoms with Gasteiger partial charge < -0.3 is 14.6 Å². The molecule has 0 fully saturated rings. The molecule has 0 spiro atoms. The Kier molecular flexibility index (Phi) is 3.39. The summed E-state index contributed by atoms with van der Waals surface area (Å²) in [5.74, 6) is 0.937. The highest BCUT2D eigenvalue weighted by Crippen LogP contribution is 2.24. The monoisotopic (exact) mass is 271 g/mol. The molecule has 0 unspecified atom stereocenters. The van der Waals surface area contributed by atoms with Gasteiger partial charge in [-0.25, -0.2) is 4.98 Å². The van der Waals surface area contributed by atoms with Crippen molar-refractivity contribution in [1.29, 1.82) is 0 Å². The molecule has 0 aliphatic carbocycles. The van der Waals surface area contributed by atoms with Gasteiger partial charge in [0.2, 0.25) is 0 Å². The number of nitrogens with zero attached hydrogens (tertiary/aromatic N) is 4. The van der Waals surface area contributed by atoms with Gasteiger partial charge in [-0.05, 0) is 26.2 Å². The number of anilines is 1. The third kappa shape index (κ3) is 2.37. The molecule has 6 nitrogen and oxygen atoms in total. The van der Waals surface area contributed by atoms with E-state index in [0.717, 1.165) is 35.7 Å². The summed E-state index contributed by atoms with van der Waals surface area (Å²) in [5.41, 5.74) is 2.77. The average Bonchev–Trinajstić information content (AvgIpc) is 3.07. The average molecular weight is 271 g/mol. The molecule has 0 atom stereocenters. The maximum atomic E-state index is 5.12. The van der Waals surface area contributed by atoms with Crippen LogP contribution in [0.3, 0.4) is 0 Å². The van der Waals surface area contributed by atoms with Gasteiger partial charge in [0.25, 0.3) is 0 Å². The Morgan fingerprint density at radius 3 is 3.00 bits per heavy atom. The fourth-order valence-corrected chi connectivity index (χ4v) is 2.05. The van der Waals surface area contributed by atoms with Crippen molar-refractivity contribution in [3.05, 3.63) is 37.1 Å². The number of aromatic nitrogens is 3. The SMILES string of the molecule is CN(C)CCNc1ccnc2c(-c3ccoc3)cnn12. The lowest BCUT2D eigenvalue weighted by molar-refractivity contribution is 0.425. The first-order valence-corrected chi connectivity index (χ1v) is 6.49. The molecule has 3 rings (SSSR count). The Bertz CT molecular complexity index is 687. The molecule has 6 heteroatoms. The predicted octanol–water partition coefficient (Wildman–Crippen LogP) is 1.96. The van der Waals surface area contributed by atoms with Crippen LogP contribution in [0, 0.1) is 0 Å². The van der Waals surface area contributed by atoms with Gasteiger partial charge in [-0.15, -0.1) is 0 Å². The molecule has 3 aromatic rings. The number of fused-ring (bicyclic) bond motifs is 1. The highest BCUT2D eigenvalue weighted by atomic mass is 16.3. The zero-order valence-electron chi connectivity index (χ0n) is 11.6. The molecule has 0 aliphatic rings. The standard InChI is InChI=1S/C14H17N5O/c1-18(2)7-6-15-13-3-5-16-14-12(9-17-19(13)14)11-4-8-20-10-11/h3-5,8-10,15H,6-7H2,1-2H3. The molecule has 0 aliphatic heterocycles. The number of hydrogen-bond acceptors (Lipinski definition) is 5. The largest absolute Gasteiger partial charge is 0.472 e. The van der Waals surface area contributed by atoms with E-state index in [9.17, 15) is 0 Å². The van der Waals surface area contributed by atoms with E-state index in [0.29, 0.717) is 0 Å². The summed E-state index contributed by atoms with van der Waals surface area (Å²) in [4.78, 5) is 6.54. The Hall–Kier alpha value is -2.34. The Labute approximate surface area is 117 Å². The van der Waals surface area contributed by atoms with Gasteiger partial charge in [0, 0.05) is 30.4 Å². The molecule has 0 amide bonds. The lowest BCUT2D eigenvalue weighted by Crippen LogP contribution is -2.21. The highest BCUT2D eigenvalue weighted by molar-refractivity contribution is 5.77. The molecule has 3 heterocycles. The first-order valence-electron chi connectivity index (χ1n) is 6.49. The summed E-state index contributed by atoms with van der Waals surface area (Å²) >= 11 is 0. The summed E-state index contributed by atoms with van der Waals surface area (Å²) < 4.78 is 6.94. The number of likely N-dealkylation sites (N-methyl/N-ethyl adjacent to an activating group) is 1. The van der Waals surface area contributed by atoms with Crippen LogP contribution in [0.15, 0.2) is 41.5 Å². The van der Waals surface area contributed by atoms with Crippen LogP contribution in [-0.2, 0) is 0 Å². The third-order valence-corrected chi connectivity index (χ3v) is 3.10. The minimum absolute atomic E-state index is 0.821. The fourth-order valence-electron chi connectivity index (χ4n) is 2.05. The van der Waals surface area contributed by atoms with E-state index in [1.54, 1.807) is 18.7 Å². The molecular weight excluding hydrogens is 254 g/mol. The normalized spacial score (nSPS) is 11.3. The fraction of sp³-hybridized carbons (Fsp3) is 0.286. The van der Waals surface area contributed by atoms with Crippen molar-refractivity contribution in [2.45, 2.75) is 0 Å². The molecule has 104 valence electrons. The van der Waals surface area contributed by atoms with Gasteiger partial charge in [0.1, 0.15) is 5.82 Å². The lowest BCUT2D eigenvalue weighted by Gasteiger charge is -2.12. The van der Waals surface area contributed by atoms with E-state index < -0.39 is 0 Å². The van der Waals surface area contributed by atoms with E-state index in [4.69, 9.17) is 4.42 Å². The van der Waals surface area contributed by atoms with Crippen LogP contribution in [0.4, 0.5) is 5.82 Å². The number of furan rings is 1. The second-order valence-electron chi connectivity index (χ2n) is 4.87. The van der Waals surface area contributed by atoms with Gasteiger partial charge in [-0.1, -0.05) is 0 Å². The lowest BCUT2D eigenvalue weighted by atomic mass is 10.2. The molecule has 0 radical (unpaired) electrons. The minimum atomic E-state index is 0.821. The predicted molar refractivity (Wildman–Crippen MR) is 77.7 cm³/mol. The van der Waals surface area contributed by atoms with Crippen LogP contribution >= 0.6 is 0 Å². The Morgan fingerprint density at radius 2 is 2.25 bits per heavy atom. The van der Waals surface area contributed by atoms with Crippen molar-refractivity contribution >= 4 is 11.5 Å². The van der Waals surface area contributed by atoms with Gasteiger partial charge in [0.05, 0.1) is 18.7 Å². The van der Waals surface area contributed by atoms with Gasteiger partial charge >= 0.3 is 0 Å². The Balaban J connectivity index is 1.91. The minimum Gasteiger partial charge on any atom is -0.472 e. The van der Waals surface area contributed by atoms with Gasteiger partial charge in [-0.3, -0.25) is 0 Å². The van der Waals surface area contributed by atoms with E-state index in [2.05, 4.69) is 34.4 Å². The van der Waals surface area contributed by atoms with Crippen molar-refractivity contribution < 1.29 is 4.42 Å². The number of hydrogen-bond donors (Lipinski definition) is 1. The van der Waals surface area contributed by atoms with Crippen molar-refractivity contribution in [3.63, 3.8) is 0 Å². The second-order valence-corrected chi connectivity index (χ2v) is 4.87. The number of rotatable bonds is 5. The van der Waals surface area contributed by atoms with Crippen LogP contribution in [0.5, 0.6) is 0 Å². The molecule has 0 bridgehead atoms. The molecule has 0 aromatic carbocycles. The summed E-state index contributed by atoms with van der Waals surface area (Å²) in [6.45, 7) is 1.81. The van der Waals surface area contributed by atoms with E-state index in [1.165, 1.54) is 0 Å². The zero-order chi connectivity index (χ0) is 13.9. The van der Waals surface area contributed by atoms with Crippen LogP contribution in [-0.4, -0.2) is 46.7 Å². The van der Waals surface area contributed by atoms with E-state index in [1.807, 2.05) is 22.8 Å². The van der Waals surface area contributed by atoms with E-state index >= 15 is 0 Å². The Morgan fingerprint density at radius 1 is 1.35 bits per heavy atom. The maximum absolute atomic E-state index is 5.12. The van der Waals surface area contributed by atoms with Crippen LogP contribution in [0.2, 0.25) is 0 Å². The number of nitrogens with one attached hydrogen (secondary N) is 1. The van der Waals surface area contributed by atoms with Gasteiger partial charge in [0.15, 0.2) is 5.65 Å². The third-order valence-electron chi connectivity index (χ3n) is 3.10. The summed E-state index contributed by atoms with van der Waals surface area (Å²) in [7, 11) is 4.10. The quantitative estimate of drug-likeness (QED) is 0.768. The molecular formula is C14H17N5O. The summed E-state index contributed by atoms with van der Waals surface area (Å²) in [6.07, 6.45) is 6.95. The molecule has 20 heavy (non-hydrogen) atoms. The zero-order valence-corrected chi connectivity index (χ0v) is 11.6. The van der Waals surface area contributed by atoms with Crippen LogP contribution in [0.25, 0.3) is 16.8 Å². The first-order chi connectivity index (χ1) is 9.75. The molecule has 0 saturated heterocycles. The van der Waals surface area contributed by atoms with Crippen molar-refractivity contribution in [2.75, 3.05) is 32.5 Å².